The fourth-order valence-corrected chi connectivity index (χ4v) is 4.94. The number of rotatable bonds is 8. The lowest BCUT2D eigenvalue weighted by Crippen LogP contribution is -2.37. The van der Waals surface area contributed by atoms with E-state index in [0.29, 0.717) is 34.8 Å². The van der Waals surface area contributed by atoms with E-state index in [1.165, 1.54) is 5.56 Å². The first-order valence-corrected chi connectivity index (χ1v) is 13.5. The number of benzene rings is 4. The monoisotopic (exact) mass is 557 g/mol. The minimum atomic E-state index is -0.467. The van der Waals surface area contributed by atoms with Crippen molar-refractivity contribution in [1.29, 1.82) is 0 Å². The second kappa shape index (κ2) is 11.5. The second-order valence-corrected chi connectivity index (χ2v) is 10.6. The van der Waals surface area contributed by atoms with E-state index in [1.807, 2.05) is 88.8 Å². The third kappa shape index (κ3) is 5.95. The molecule has 1 atom stereocenters. The molecule has 1 heterocycles. The summed E-state index contributed by atoms with van der Waals surface area (Å²) in [7, 11) is 0. The summed E-state index contributed by atoms with van der Waals surface area (Å²) in [5, 5.41) is 8.01. The first kappa shape index (κ1) is 26.8. The van der Waals surface area contributed by atoms with Gasteiger partial charge in [0.2, 0.25) is 0 Å². The molecule has 0 amide bonds. The van der Waals surface area contributed by atoms with Gasteiger partial charge in [0.05, 0.1) is 5.69 Å². The molecule has 0 aliphatic carbocycles. The van der Waals surface area contributed by atoms with Gasteiger partial charge < -0.3 is 9.64 Å². The molecule has 1 aliphatic heterocycles. The van der Waals surface area contributed by atoms with Gasteiger partial charge >= 0.3 is 0 Å². The molecule has 5 rings (SSSR count). The molecule has 0 saturated carbocycles. The molecule has 0 spiro atoms. The van der Waals surface area contributed by atoms with Crippen LogP contribution in [0, 0.1) is 13.8 Å². The number of amidine groups is 1. The van der Waals surface area contributed by atoms with Crippen molar-refractivity contribution in [1.82, 2.24) is 4.90 Å². The summed E-state index contributed by atoms with van der Waals surface area (Å²) in [6, 6.07) is 29.4. The Morgan fingerprint density at radius 1 is 0.846 bits per heavy atom. The fraction of sp³-hybridized carbons (Fsp3) is 0.188. The summed E-state index contributed by atoms with van der Waals surface area (Å²) in [5.41, 5.74) is 6.05. The number of nitrogens with zero attached hydrogens (tertiary/aromatic N) is 3. The van der Waals surface area contributed by atoms with Crippen molar-refractivity contribution in [2.24, 2.45) is 5.10 Å². The van der Waals surface area contributed by atoms with Gasteiger partial charge in [0.25, 0.3) is 0 Å². The van der Waals surface area contributed by atoms with Gasteiger partial charge in [-0.1, -0.05) is 71.7 Å². The summed E-state index contributed by atoms with van der Waals surface area (Å²) in [5.74, 6) is 0.921. The van der Waals surface area contributed by atoms with Gasteiger partial charge in [0.1, 0.15) is 12.4 Å². The van der Waals surface area contributed by atoms with Gasteiger partial charge in [-0.25, -0.2) is 5.01 Å². The van der Waals surface area contributed by atoms with Crippen LogP contribution in [0.2, 0.25) is 10.0 Å². The maximum Gasteiger partial charge on any atom is 0.196 e. The Bertz CT molecular complexity index is 1520. The zero-order chi connectivity index (χ0) is 27.5. The van der Waals surface area contributed by atoms with Crippen LogP contribution in [0.3, 0.4) is 0 Å². The highest BCUT2D eigenvalue weighted by atomic mass is 35.5. The first-order chi connectivity index (χ1) is 18.8. The van der Waals surface area contributed by atoms with Crippen LogP contribution in [0.4, 0.5) is 5.69 Å². The number of ether oxygens (including phenoxy) is 1. The van der Waals surface area contributed by atoms with Crippen molar-refractivity contribution in [2.75, 3.05) is 5.01 Å². The van der Waals surface area contributed by atoms with Crippen LogP contribution < -0.4 is 9.75 Å². The van der Waals surface area contributed by atoms with Gasteiger partial charge in [0.15, 0.2) is 17.8 Å². The van der Waals surface area contributed by atoms with Crippen LogP contribution in [0.15, 0.2) is 96.1 Å². The van der Waals surface area contributed by atoms with Crippen molar-refractivity contribution in [2.45, 2.75) is 40.1 Å². The SMILES string of the molecule is CC(=O)C1=NN(c2ccc(C)c(C)c2)[C@H](c2cc(Cl)ccc2OCc2ccc(Cl)cc2)N1Cc1ccccc1. The number of Topliss-reactive ketones (excluding diaryl/α,β-unsaturated/α-hetero) is 1. The van der Waals surface area contributed by atoms with Gasteiger partial charge in [-0.2, -0.15) is 0 Å². The largest absolute Gasteiger partial charge is 0.488 e. The van der Waals surface area contributed by atoms with E-state index in [2.05, 4.69) is 26.0 Å². The molecule has 39 heavy (non-hydrogen) atoms. The summed E-state index contributed by atoms with van der Waals surface area (Å²) in [4.78, 5) is 15.0. The van der Waals surface area contributed by atoms with Crippen LogP contribution in [0.5, 0.6) is 5.75 Å². The Balaban J connectivity index is 1.61. The molecule has 7 heteroatoms. The molecule has 0 aromatic heterocycles. The normalized spacial score (nSPS) is 14.9. The number of carbonyl (C=O) groups is 1. The van der Waals surface area contributed by atoms with Crippen LogP contribution in [-0.2, 0) is 17.9 Å². The molecule has 5 nitrogen and oxygen atoms in total. The average Bonchev–Trinajstić information content (AvgIpc) is 3.30. The summed E-state index contributed by atoms with van der Waals surface area (Å²) in [6.45, 7) is 6.52. The minimum absolute atomic E-state index is 0.118. The van der Waals surface area contributed by atoms with Crippen molar-refractivity contribution in [3.05, 3.63) is 129 Å². The van der Waals surface area contributed by atoms with E-state index >= 15 is 0 Å². The van der Waals surface area contributed by atoms with E-state index in [0.717, 1.165) is 27.9 Å². The van der Waals surface area contributed by atoms with E-state index in [-0.39, 0.29) is 5.78 Å². The van der Waals surface area contributed by atoms with Crippen LogP contribution in [0.25, 0.3) is 0 Å². The molecule has 0 saturated heterocycles. The van der Waals surface area contributed by atoms with Gasteiger partial charge in [0, 0.05) is 29.1 Å². The number of hydrogen-bond donors (Lipinski definition) is 0. The van der Waals surface area contributed by atoms with Crippen molar-refractivity contribution in [3.8, 4) is 5.75 Å². The lowest BCUT2D eigenvalue weighted by atomic mass is 10.1. The standard InChI is InChI=1S/C32H29Cl2N3O2/c1-21-9-15-28(17-22(21)2)37-32(36(31(35-37)23(3)38)19-24-7-5-4-6-8-24)29-18-27(34)14-16-30(29)39-20-25-10-12-26(33)13-11-25/h4-18,32H,19-20H2,1-3H3/t32-/m1/s1. The topological polar surface area (TPSA) is 45.1 Å². The fourth-order valence-electron chi connectivity index (χ4n) is 4.64. The molecule has 0 bridgehead atoms. The molecule has 1 aliphatic rings. The number of hydrogen-bond acceptors (Lipinski definition) is 5. The highest BCUT2D eigenvalue weighted by Crippen LogP contribution is 2.42. The molecular formula is C32H29Cl2N3O2. The number of ketones is 1. The lowest BCUT2D eigenvalue weighted by molar-refractivity contribution is -0.111. The minimum Gasteiger partial charge on any atom is -0.488 e. The number of halogens is 2. The van der Waals surface area contributed by atoms with E-state index in [4.69, 9.17) is 33.0 Å². The highest BCUT2D eigenvalue weighted by Gasteiger charge is 2.40. The third-order valence-corrected chi connectivity index (χ3v) is 7.31. The molecule has 0 N–H and O–H groups in total. The van der Waals surface area contributed by atoms with Crippen LogP contribution in [0.1, 0.15) is 40.9 Å². The zero-order valence-corrected chi connectivity index (χ0v) is 23.6. The van der Waals surface area contributed by atoms with E-state index in [1.54, 1.807) is 6.92 Å². The number of hydrazone groups is 1. The first-order valence-electron chi connectivity index (χ1n) is 12.7. The molecule has 4 aromatic carbocycles. The molecule has 0 radical (unpaired) electrons. The quantitative estimate of drug-likeness (QED) is 0.219. The average molecular weight is 559 g/mol. The Morgan fingerprint density at radius 2 is 1.56 bits per heavy atom. The van der Waals surface area contributed by atoms with Crippen molar-refractivity contribution < 1.29 is 9.53 Å². The summed E-state index contributed by atoms with van der Waals surface area (Å²) >= 11 is 12.6. The van der Waals surface area contributed by atoms with Gasteiger partial charge in [-0.15, -0.1) is 5.10 Å². The Labute approximate surface area is 239 Å². The highest BCUT2D eigenvalue weighted by molar-refractivity contribution is 6.38. The van der Waals surface area contributed by atoms with Crippen LogP contribution >= 0.6 is 23.2 Å². The van der Waals surface area contributed by atoms with E-state index in [9.17, 15) is 4.79 Å². The molecule has 4 aromatic rings. The predicted molar refractivity (Wildman–Crippen MR) is 158 cm³/mol. The van der Waals surface area contributed by atoms with Crippen molar-refractivity contribution in [3.63, 3.8) is 0 Å². The number of anilines is 1. The smallest absolute Gasteiger partial charge is 0.196 e. The summed E-state index contributed by atoms with van der Waals surface area (Å²) < 4.78 is 6.36. The molecule has 0 fully saturated rings. The maximum atomic E-state index is 12.9. The molecule has 198 valence electrons. The van der Waals surface area contributed by atoms with Crippen molar-refractivity contribution >= 4 is 40.5 Å². The number of carbonyl (C=O) groups excluding carboxylic acids is 1. The Kier molecular flexibility index (Phi) is 7.92. The predicted octanol–water partition coefficient (Wildman–Crippen LogP) is 8.11. The third-order valence-electron chi connectivity index (χ3n) is 6.82. The summed E-state index contributed by atoms with van der Waals surface area (Å²) in [6.07, 6.45) is -0.467. The Hall–Kier alpha value is -3.80. The second-order valence-electron chi connectivity index (χ2n) is 9.68. The Morgan fingerprint density at radius 3 is 2.26 bits per heavy atom. The molecular weight excluding hydrogens is 529 g/mol. The number of aryl methyl sites for hydroxylation is 2. The van der Waals surface area contributed by atoms with E-state index < -0.39 is 6.17 Å². The lowest BCUT2D eigenvalue weighted by Gasteiger charge is -2.33. The van der Waals surface area contributed by atoms with Gasteiger partial charge in [-0.05, 0) is 78.6 Å². The zero-order valence-electron chi connectivity index (χ0n) is 22.1. The van der Waals surface area contributed by atoms with Gasteiger partial charge in [-0.3, -0.25) is 4.79 Å². The van der Waals surface area contributed by atoms with Crippen LogP contribution in [-0.4, -0.2) is 16.5 Å². The maximum absolute atomic E-state index is 12.9. The molecule has 0 unspecified atom stereocenters.